The molecule has 2 N–H and O–H groups in total. The van der Waals surface area contributed by atoms with Gasteiger partial charge in [-0.05, 0) is 52.8 Å². The third kappa shape index (κ3) is 7.27. The minimum atomic E-state index is -0.577. The van der Waals surface area contributed by atoms with Crippen molar-refractivity contribution in [3.05, 3.63) is 41.3 Å². The molecule has 1 saturated heterocycles. The van der Waals surface area contributed by atoms with Crippen molar-refractivity contribution in [2.45, 2.75) is 39.7 Å². The van der Waals surface area contributed by atoms with Crippen LogP contribution in [0.1, 0.15) is 29.9 Å². The number of aliphatic hydroxyl groups is 1. The molecule has 0 radical (unpaired) electrons. The first-order chi connectivity index (χ1) is 17.7. The Kier molecular flexibility index (Phi) is 9.99. The molecule has 0 spiro atoms. The van der Waals surface area contributed by atoms with Gasteiger partial charge in [0.15, 0.2) is 5.82 Å². The van der Waals surface area contributed by atoms with Gasteiger partial charge in [0.1, 0.15) is 30.0 Å². The highest BCUT2D eigenvalue weighted by atomic mass is 16.5. The number of anilines is 1. The number of aromatic nitrogens is 3. The minimum Gasteiger partial charge on any atom is -0.491 e. The summed E-state index contributed by atoms with van der Waals surface area (Å²) < 4.78 is 11.2. The van der Waals surface area contributed by atoms with Crippen LogP contribution in [0.4, 0.5) is 5.82 Å². The van der Waals surface area contributed by atoms with Crippen LogP contribution in [0.3, 0.4) is 0 Å². The molecule has 2 aromatic heterocycles. The monoisotopic (exact) mass is 510 g/mol. The maximum absolute atomic E-state index is 9.95. The molecule has 1 fully saturated rings. The lowest BCUT2D eigenvalue weighted by Gasteiger charge is -2.21. The van der Waals surface area contributed by atoms with E-state index in [4.69, 9.17) is 19.2 Å². The fraction of sp³-hybridized carbons (Fsp3) is 0.481. The summed E-state index contributed by atoms with van der Waals surface area (Å²) in [6, 6.07) is 7.69. The molecule has 0 saturated carbocycles. The normalized spacial score (nSPS) is 13.6. The summed E-state index contributed by atoms with van der Waals surface area (Å²) in [5.41, 5.74) is 4.49. The van der Waals surface area contributed by atoms with Crippen molar-refractivity contribution >= 4 is 12.2 Å². The number of aliphatic hydroxyl groups excluding tert-OH is 1. The van der Waals surface area contributed by atoms with Gasteiger partial charge in [-0.3, -0.25) is 4.79 Å². The van der Waals surface area contributed by atoms with Crippen molar-refractivity contribution in [3.63, 3.8) is 0 Å². The molecule has 4 rings (SSSR count). The highest BCUT2D eigenvalue weighted by molar-refractivity contribution is 5.75. The predicted octanol–water partition coefficient (Wildman–Crippen LogP) is 2.99. The van der Waals surface area contributed by atoms with Crippen molar-refractivity contribution in [3.8, 4) is 28.4 Å². The number of aryl methyl sites for hydroxylation is 2. The summed E-state index contributed by atoms with van der Waals surface area (Å²) in [5, 5.41) is 17.0. The van der Waals surface area contributed by atoms with E-state index in [1.165, 1.54) is 4.90 Å². The van der Waals surface area contributed by atoms with Crippen LogP contribution in [0.15, 0.2) is 28.8 Å². The first-order valence-corrected chi connectivity index (χ1v) is 12.5. The highest BCUT2D eigenvalue weighted by Gasteiger charge is 2.24. The number of benzene rings is 1. The second kappa shape index (κ2) is 13.2. The van der Waals surface area contributed by atoms with Gasteiger partial charge in [0.2, 0.25) is 6.41 Å². The van der Waals surface area contributed by atoms with Crippen molar-refractivity contribution in [1.82, 2.24) is 25.3 Å². The van der Waals surface area contributed by atoms with Gasteiger partial charge in [0, 0.05) is 44.9 Å². The van der Waals surface area contributed by atoms with Gasteiger partial charge in [0.25, 0.3) is 0 Å². The van der Waals surface area contributed by atoms with E-state index in [1.807, 2.05) is 38.1 Å². The smallest absolute Gasteiger partial charge is 0.209 e. The average Bonchev–Trinajstić information content (AvgIpc) is 3.54. The molecule has 37 heavy (non-hydrogen) atoms. The average molecular weight is 511 g/mol. The van der Waals surface area contributed by atoms with Crippen LogP contribution in [-0.4, -0.2) is 85.0 Å². The van der Waals surface area contributed by atoms with Crippen LogP contribution in [0, 0.1) is 20.8 Å². The molecule has 1 aromatic carbocycles. The van der Waals surface area contributed by atoms with Crippen LogP contribution >= 0.6 is 0 Å². The highest BCUT2D eigenvalue weighted by Crippen LogP contribution is 2.35. The van der Waals surface area contributed by atoms with E-state index in [0.717, 1.165) is 72.0 Å². The molecule has 1 aliphatic rings. The van der Waals surface area contributed by atoms with Crippen LogP contribution in [0.5, 0.6) is 5.75 Å². The molecular formula is C27H38N6O4. The number of hydrogen-bond donors (Lipinski definition) is 2. The molecule has 3 heterocycles. The number of nitrogens with one attached hydrogen (secondary N) is 1. The molecule has 3 aromatic rings. The van der Waals surface area contributed by atoms with Gasteiger partial charge < -0.3 is 29.5 Å². The van der Waals surface area contributed by atoms with Crippen LogP contribution in [-0.2, 0) is 4.79 Å². The maximum Gasteiger partial charge on any atom is 0.209 e. The Morgan fingerprint density at radius 1 is 1.22 bits per heavy atom. The number of hydrogen-bond acceptors (Lipinski definition) is 9. The number of carbonyl (C=O) groups excluding carboxylic acids is 1. The fourth-order valence-corrected chi connectivity index (χ4v) is 4.15. The minimum absolute atomic E-state index is 0.211. The Bertz CT molecular complexity index is 1150. The zero-order valence-electron chi connectivity index (χ0n) is 22.6. The number of likely N-dealkylation sites (N-methyl/N-ethyl adjacent to an activating group) is 1. The van der Waals surface area contributed by atoms with Crippen LogP contribution in [0.2, 0.25) is 0 Å². The topological polar surface area (TPSA) is 117 Å². The third-order valence-corrected chi connectivity index (χ3v) is 5.98. The Hall–Kier alpha value is -3.50. The van der Waals surface area contributed by atoms with Crippen molar-refractivity contribution in [1.29, 1.82) is 0 Å². The second-order valence-electron chi connectivity index (χ2n) is 9.36. The molecular weight excluding hydrogens is 472 g/mol. The summed E-state index contributed by atoms with van der Waals surface area (Å²) >= 11 is 0. The van der Waals surface area contributed by atoms with Gasteiger partial charge in [-0.1, -0.05) is 17.3 Å². The number of ether oxygens (including phenoxy) is 1. The van der Waals surface area contributed by atoms with E-state index in [-0.39, 0.29) is 6.61 Å². The molecule has 1 atom stereocenters. The van der Waals surface area contributed by atoms with Crippen molar-refractivity contribution in [2.75, 3.05) is 52.3 Å². The van der Waals surface area contributed by atoms with Gasteiger partial charge in [0.05, 0.1) is 17.0 Å². The van der Waals surface area contributed by atoms with E-state index in [1.54, 1.807) is 21.1 Å². The van der Waals surface area contributed by atoms with E-state index in [2.05, 4.69) is 22.3 Å². The Labute approximate surface area is 218 Å². The van der Waals surface area contributed by atoms with Gasteiger partial charge in [-0.15, -0.1) is 0 Å². The molecule has 0 aliphatic carbocycles. The van der Waals surface area contributed by atoms with Crippen molar-refractivity contribution < 1.29 is 19.2 Å². The van der Waals surface area contributed by atoms with E-state index in [0.29, 0.717) is 18.1 Å². The summed E-state index contributed by atoms with van der Waals surface area (Å²) in [6.45, 7) is 8.59. The molecule has 10 nitrogen and oxygen atoms in total. The molecule has 1 unspecified atom stereocenters. The van der Waals surface area contributed by atoms with Gasteiger partial charge in [-0.2, -0.15) is 0 Å². The Balaban J connectivity index is 0.000000695. The molecule has 1 amide bonds. The van der Waals surface area contributed by atoms with Crippen LogP contribution < -0.4 is 15.0 Å². The number of rotatable bonds is 9. The molecule has 10 heteroatoms. The number of carbonyl (C=O) groups is 1. The van der Waals surface area contributed by atoms with E-state index in [9.17, 15) is 9.90 Å². The fourth-order valence-electron chi connectivity index (χ4n) is 4.15. The largest absolute Gasteiger partial charge is 0.491 e. The Morgan fingerprint density at radius 3 is 2.51 bits per heavy atom. The molecule has 200 valence electrons. The van der Waals surface area contributed by atoms with Gasteiger partial charge in [-0.25, -0.2) is 9.97 Å². The Morgan fingerprint density at radius 2 is 1.92 bits per heavy atom. The lowest BCUT2D eigenvalue weighted by atomic mass is 10.0. The second-order valence-corrected chi connectivity index (χ2v) is 9.36. The molecule has 1 aliphatic heterocycles. The predicted molar refractivity (Wildman–Crippen MR) is 144 cm³/mol. The standard InChI is InChI=1S/C24H31N5O3.C3H7NO/c1-15-22(21-16(2)28-32-17(21)3)26-23(27-24(15)29-10-5-6-11-29)18-8-7-9-20(12-18)31-14-19(30)13-25-4;1-4(2)3-5/h7-9,12,19,25,30H,5-6,10-11,13-14H2,1-4H3;3H,1-2H3. The zero-order chi connectivity index (χ0) is 26.9. The number of nitrogens with zero attached hydrogens (tertiary/aromatic N) is 5. The summed E-state index contributed by atoms with van der Waals surface area (Å²) in [4.78, 5) is 23.1. The summed E-state index contributed by atoms with van der Waals surface area (Å²) in [6.07, 6.45) is 2.50. The lowest BCUT2D eigenvalue weighted by Crippen LogP contribution is -2.29. The third-order valence-electron chi connectivity index (χ3n) is 5.98. The van der Waals surface area contributed by atoms with E-state index >= 15 is 0 Å². The quantitative estimate of drug-likeness (QED) is 0.419. The van der Waals surface area contributed by atoms with Crippen LogP contribution in [0.25, 0.3) is 22.6 Å². The van der Waals surface area contributed by atoms with E-state index < -0.39 is 6.10 Å². The lowest BCUT2D eigenvalue weighted by molar-refractivity contribution is -0.115. The van der Waals surface area contributed by atoms with Crippen molar-refractivity contribution in [2.24, 2.45) is 0 Å². The summed E-state index contributed by atoms with van der Waals surface area (Å²) in [7, 11) is 5.17. The SMILES string of the molecule is CN(C)C=O.CNCC(O)COc1cccc(-c2nc(-c3c(C)noc3C)c(C)c(N3CCCC3)n2)c1. The number of amides is 1. The first-order valence-electron chi connectivity index (χ1n) is 12.5. The summed E-state index contributed by atoms with van der Waals surface area (Å²) in [5.74, 6) is 3.01. The zero-order valence-corrected chi connectivity index (χ0v) is 22.6. The van der Waals surface area contributed by atoms with Gasteiger partial charge >= 0.3 is 0 Å². The first kappa shape index (κ1) is 28.1. The maximum atomic E-state index is 9.95. The molecule has 0 bridgehead atoms.